The topological polar surface area (TPSA) is 138 Å². The summed E-state index contributed by atoms with van der Waals surface area (Å²) >= 11 is 7.42. The van der Waals surface area contributed by atoms with E-state index in [9.17, 15) is 14.9 Å². The third-order valence-electron chi connectivity index (χ3n) is 16.4. The fourth-order valence-corrected chi connectivity index (χ4v) is 11.9. The molecule has 2 aliphatic heterocycles. The summed E-state index contributed by atoms with van der Waals surface area (Å²) < 4.78 is 15.2. The first-order chi connectivity index (χ1) is 32.3. The highest BCUT2D eigenvalue weighted by atomic mass is 35.5. The van der Waals surface area contributed by atoms with Crippen molar-refractivity contribution in [1.82, 2.24) is 19.6 Å². The number of allylic oxidation sites excluding steroid dienone is 1. The molecule has 2 aromatic heterocycles. The molecule has 3 N–H and O–H groups in total. The van der Waals surface area contributed by atoms with E-state index in [-0.39, 0.29) is 26.7 Å². The maximum Gasteiger partial charge on any atom is 0.293 e. The van der Waals surface area contributed by atoms with Crippen molar-refractivity contribution in [3.05, 3.63) is 117 Å². The number of carbonyl (C=O) groups is 1. The number of anilines is 2. The Kier molecular flexibility index (Phi) is 14.0. The molecule has 1 amide bonds. The second-order valence-electron chi connectivity index (χ2n) is 22.7. The Morgan fingerprint density at radius 1 is 0.957 bits per heavy atom. The lowest BCUT2D eigenvalue weighted by Crippen LogP contribution is -2.92. The van der Waals surface area contributed by atoms with Gasteiger partial charge in [0.05, 0.1) is 16.7 Å². The predicted molar refractivity (Wildman–Crippen MR) is 310 cm³/mol. The van der Waals surface area contributed by atoms with E-state index < -0.39 is 21.9 Å². The third-order valence-corrected chi connectivity index (χ3v) is 17.4. The monoisotopic (exact) mass is 955 g/mol. The maximum atomic E-state index is 14.4. The molecule has 348 valence electrons. The van der Waals surface area contributed by atoms with Crippen molar-refractivity contribution in [1.29, 1.82) is 0 Å². The number of benzene rings is 3. The molecule has 69 heavy (non-hydrogen) atoms. The molecule has 0 unspecified atom stereocenters. The standard InChI is InChI=1S/C45H60B10ClN7O5S/c1-40(2)15-11-27(34(22-40)25-3-5-29(56)6-4-25)24-61-42(48,49)44(52,53)62(45(54,55)43(61,50)51)30-7-9-33(37(20-30)68-31-19-26-12-16-57-38(26)58-23-31)39(64)60-69-32-8-10-35(36(21-32)63(65)66)59-41(46,47)28-13-17-67-18-14-28/h3-10,12,16,19-21,23,28,59H,11,13-15,17-18,22,24,46-55H2,1-2H3,(H,57,58)(H,60,64). The molecule has 4 heterocycles. The highest BCUT2D eigenvalue weighted by Gasteiger charge is 2.61. The smallest absolute Gasteiger partial charge is 0.293 e. The molecule has 8 rings (SSSR count). The Balaban J connectivity index is 1.12. The maximum absolute atomic E-state index is 14.4. The number of nitrogens with one attached hydrogen (secondary N) is 3. The zero-order valence-electron chi connectivity index (χ0n) is 42.4. The second kappa shape index (κ2) is 19.0. The SMILES string of the molecule is BC(B)(Nc1ccc(SNC(=O)c2ccc(N3C(B)(B)C(B)(B)N(CC4=C(c5ccc(Cl)cc5)CC(C)(C)CC4)C(B)(B)C3(B)B)cc2Oc2cnc3[nH]ccc3c2)cc1[N+](=O)[O-])C1CCOCC1. The van der Waals surface area contributed by atoms with Gasteiger partial charge in [-0.25, -0.2) is 4.98 Å². The molecular weight excluding hydrogens is 894 g/mol. The van der Waals surface area contributed by atoms with E-state index in [0.717, 1.165) is 72.3 Å². The van der Waals surface area contributed by atoms with Gasteiger partial charge in [-0.05, 0) is 142 Å². The number of nitrogens with zero attached hydrogens (tertiary/aromatic N) is 4. The Bertz CT molecular complexity index is 2780. The minimum atomic E-state index is -0.459. The summed E-state index contributed by atoms with van der Waals surface area (Å²) in [4.78, 5) is 39.9. The van der Waals surface area contributed by atoms with Crippen molar-refractivity contribution in [2.75, 3.05) is 30.0 Å². The van der Waals surface area contributed by atoms with Gasteiger partial charge in [0.1, 0.15) is 101 Å². The van der Waals surface area contributed by atoms with E-state index in [1.165, 1.54) is 22.8 Å². The number of carbonyl (C=O) groups excluding carboxylic acids is 1. The molecular formula is C45H60B10ClN7O5S. The number of pyridine rings is 1. The highest BCUT2D eigenvalue weighted by Crippen LogP contribution is 2.49. The van der Waals surface area contributed by atoms with Crippen LogP contribution in [0.15, 0.2) is 95.7 Å². The van der Waals surface area contributed by atoms with Crippen molar-refractivity contribution in [2.24, 2.45) is 11.3 Å². The lowest BCUT2D eigenvalue weighted by molar-refractivity contribution is -0.384. The zero-order chi connectivity index (χ0) is 49.9. The number of amides is 1. The van der Waals surface area contributed by atoms with E-state index in [1.54, 1.807) is 18.3 Å². The summed E-state index contributed by atoms with van der Waals surface area (Å²) in [6.45, 7) is 6.93. The fourth-order valence-electron chi connectivity index (χ4n) is 11.2. The van der Waals surface area contributed by atoms with Crippen molar-refractivity contribution in [3.63, 3.8) is 0 Å². The molecule has 3 aromatic carbocycles. The minimum Gasteiger partial charge on any atom is -0.455 e. The average Bonchev–Trinajstić information content (AvgIpc) is 3.76. The van der Waals surface area contributed by atoms with Crippen LogP contribution in [0.1, 0.15) is 61.9 Å². The molecule has 3 aliphatic rings. The van der Waals surface area contributed by atoms with Crippen LogP contribution in [0.5, 0.6) is 11.5 Å². The number of aromatic nitrogens is 2. The molecule has 2 saturated heterocycles. The fraction of sp³-hybridized carbons (Fsp3) is 0.378. The Labute approximate surface area is 425 Å². The Morgan fingerprint density at radius 2 is 1.64 bits per heavy atom. The molecule has 2 fully saturated rings. The quantitative estimate of drug-likeness (QED) is 0.0619. The number of H-pyrrole nitrogens is 1. The lowest BCUT2D eigenvalue weighted by atomic mass is 9.26. The molecule has 1 aliphatic carbocycles. The molecule has 0 spiro atoms. The van der Waals surface area contributed by atoms with Gasteiger partial charge in [-0.1, -0.05) is 43.2 Å². The Morgan fingerprint density at radius 3 is 2.30 bits per heavy atom. The summed E-state index contributed by atoms with van der Waals surface area (Å²) in [5, 5.41) is 15.4. The average molecular weight is 955 g/mol. The van der Waals surface area contributed by atoms with Gasteiger partial charge in [-0.15, -0.1) is 0 Å². The first-order valence-electron chi connectivity index (χ1n) is 24.2. The van der Waals surface area contributed by atoms with Crippen LogP contribution in [-0.2, 0) is 4.74 Å². The predicted octanol–water partition coefficient (Wildman–Crippen LogP) is -0.422. The summed E-state index contributed by atoms with van der Waals surface area (Å²) in [5.74, 6) is 0.727. The summed E-state index contributed by atoms with van der Waals surface area (Å²) in [6.07, 6.45) is 8.39. The van der Waals surface area contributed by atoms with E-state index in [1.807, 2.05) is 48.7 Å². The van der Waals surface area contributed by atoms with Gasteiger partial charge in [0.2, 0.25) is 0 Å². The van der Waals surface area contributed by atoms with Crippen molar-refractivity contribution in [3.8, 4) is 11.5 Å². The molecule has 0 saturated carbocycles. The van der Waals surface area contributed by atoms with Crippen LogP contribution < -0.4 is 19.7 Å². The molecule has 0 atom stereocenters. The molecule has 24 heteroatoms. The minimum absolute atomic E-state index is 0.0620. The van der Waals surface area contributed by atoms with Gasteiger partial charge in [0, 0.05) is 59.1 Å². The zero-order valence-corrected chi connectivity index (χ0v) is 44.0. The van der Waals surface area contributed by atoms with Gasteiger partial charge >= 0.3 is 0 Å². The lowest BCUT2D eigenvalue weighted by Gasteiger charge is -2.75. The van der Waals surface area contributed by atoms with Gasteiger partial charge in [-0.3, -0.25) is 19.6 Å². The first-order valence-corrected chi connectivity index (χ1v) is 25.4. The van der Waals surface area contributed by atoms with Gasteiger partial charge in [-0.2, -0.15) is 0 Å². The number of aromatic amines is 1. The molecule has 5 aromatic rings. The number of hydrogen-bond donors (Lipinski definition) is 3. The number of rotatable bonds is 13. The van der Waals surface area contributed by atoms with E-state index in [4.69, 9.17) is 21.1 Å². The first kappa shape index (κ1) is 50.9. The van der Waals surface area contributed by atoms with E-state index in [2.05, 4.69) is 134 Å². The second-order valence-corrected chi connectivity index (χ2v) is 24.0. The van der Waals surface area contributed by atoms with Gasteiger partial charge in [0.15, 0.2) is 0 Å². The van der Waals surface area contributed by atoms with Crippen molar-refractivity contribution < 1.29 is 19.2 Å². The van der Waals surface area contributed by atoms with E-state index in [0.29, 0.717) is 46.8 Å². The summed E-state index contributed by atoms with van der Waals surface area (Å²) in [7, 11) is 22.9. The number of halogens is 1. The molecule has 0 radical (unpaired) electrons. The third kappa shape index (κ3) is 9.96. The molecule has 12 nitrogen and oxygen atoms in total. The van der Waals surface area contributed by atoms with Crippen LogP contribution in [-0.4, -0.2) is 151 Å². The normalized spacial score (nSPS) is 20.0. The Hall–Kier alpha value is -4.43. The van der Waals surface area contributed by atoms with Crippen LogP contribution in [0.3, 0.4) is 0 Å². The number of ether oxygens (including phenoxy) is 2. The van der Waals surface area contributed by atoms with Crippen molar-refractivity contribution in [2.45, 2.75) is 77.5 Å². The molecule has 0 bridgehead atoms. The number of hydrogen-bond acceptors (Lipinski definition) is 10. The van der Waals surface area contributed by atoms with E-state index >= 15 is 0 Å². The number of nitro benzene ring substituents is 1. The van der Waals surface area contributed by atoms with Gasteiger partial charge < -0.3 is 29.6 Å². The van der Waals surface area contributed by atoms with Crippen LogP contribution in [0.2, 0.25) is 5.02 Å². The van der Waals surface area contributed by atoms with Crippen LogP contribution >= 0.6 is 23.5 Å². The van der Waals surface area contributed by atoms with Gasteiger partial charge in [0.25, 0.3) is 11.6 Å². The number of fused-ring (bicyclic) bond motifs is 1. The van der Waals surface area contributed by atoms with Crippen molar-refractivity contribution >= 4 is 142 Å². The summed E-state index contributed by atoms with van der Waals surface area (Å²) in [6, 6.07) is 23.0. The number of piperazine rings is 1. The summed E-state index contributed by atoms with van der Waals surface area (Å²) in [5.41, 5.74) is 6.65. The van der Waals surface area contributed by atoms with Crippen LogP contribution in [0, 0.1) is 21.4 Å². The number of nitro groups is 1. The highest BCUT2D eigenvalue weighted by molar-refractivity contribution is 7.98. The van der Waals surface area contributed by atoms with Crippen LogP contribution in [0.25, 0.3) is 16.6 Å². The largest absolute Gasteiger partial charge is 0.455 e. The van der Waals surface area contributed by atoms with Crippen LogP contribution in [0.4, 0.5) is 17.1 Å².